The van der Waals surface area contributed by atoms with Gasteiger partial charge in [0.05, 0.1) is 12.7 Å². The van der Waals surface area contributed by atoms with Crippen molar-refractivity contribution in [1.29, 1.82) is 0 Å². The van der Waals surface area contributed by atoms with Crippen LogP contribution in [0.1, 0.15) is 16.7 Å². The predicted molar refractivity (Wildman–Crippen MR) is 74.7 cm³/mol. The molecule has 0 aromatic heterocycles. The largest absolute Gasteiger partial charge is 0.375 e. The average molecular weight is 251 g/mol. The Kier molecular flexibility index (Phi) is 4.48. The second kappa shape index (κ2) is 5.89. The summed E-state index contributed by atoms with van der Waals surface area (Å²) >= 11 is 1.94. The number of aryl methyl sites for hydroxylation is 2. The average Bonchev–Trinajstić information content (AvgIpc) is 2.35. The highest BCUT2D eigenvalue weighted by atomic mass is 32.2. The quantitative estimate of drug-likeness (QED) is 0.895. The van der Waals surface area contributed by atoms with Gasteiger partial charge in [-0.15, -0.1) is 0 Å². The molecule has 3 heteroatoms. The lowest BCUT2D eigenvalue weighted by atomic mass is 9.97. The Bertz CT molecular complexity index is 374. The van der Waals surface area contributed by atoms with E-state index in [4.69, 9.17) is 10.5 Å². The fourth-order valence-corrected chi connectivity index (χ4v) is 3.12. The zero-order chi connectivity index (χ0) is 12.3. The molecule has 0 amide bonds. The van der Waals surface area contributed by atoms with Crippen LogP contribution in [0.5, 0.6) is 0 Å². The lowest BCUT2D eigenvalue weighted by Gasteiger charge is -2.28. The standard InChI is InChI=1S/C14H21NOS/c1-10-3-4-11(2)12(7-10)8-13(15)14-9-17-6-5-16-14/h3-4,7,13-14H,5-6,8-9,15H2,1-2H3. The van der Waals surface area contributed by atoms with Crippen molar-refractivity contribution in [3.63, 3.8) is 0 Å². The molecule has 1 saturated heterocycles. The van der Waals surface area contributed by atoms with Crippen molar-refractivity contribution >= 4 is 11.8 Å². The summed E-state index contributed by atoms with van der Waals surface area (Å²) in [5.74, 6) is 2.14. The molecule has 2 unspecified atom stereocenters. The summed E-state index contributed by atoms with van der Waals surface area (Å²) in [5, 5.41) is 0. The molecule has 2 atom stereocenters. The fourth-order valence-electron chi connectivity index (χ4n) is 2.16. The Morgan fingerprint density at radius 1 is 1.47 bits per heavy atom. The minimum Gasteiger partial charge on any atom is -0.375 e. The fraction of sp³-hybridized carbons (Fsp3) is 0.571. The van der Waals surface area contributed by atoms with Crippen molar-refractivity contribution < 1.29 is 4.74 Å². The van der Waals surface area contributed by atoms with Crippen LogP contribution in [-0.4, -0.2) is 30.3 Å². The minimum absolute atomic E-state index is 0.114. The normalized spacial score (nSPS) is 22.4. The van der Waals surface area contributed by atoms with Crippen LogP contribution in [0.2, 0.25) is 0 Å². The molecule has 0 spiro atoms. The highest BCUT2D eigenvalue weighted by Gasteiger charge is 2.22. The van der Waals surface area contributed by atoms with Gasteiger partial charge >= 0.3 is 0 Å². The molecule has 2 nitrogen and oxygen atoms in total. The number of ether oxygens (including phenoxy) is 1. The van der Waals surface area contributed by atoms with Crippen molar-refractivity contribution in [2.24, 2.45) is 5.73 Å². The van der Waals surface area contributed by atoms with E-state index < -0.39 is 0 Å². The number of hydrogen-bond donors (Lipinski definition) is 1. The van der Waals surface area contributed by atoms with Crippen LogP contribution in [0, 0.1) is 13.8 Å². The Morgan fingerprint density at radius 2 is 2.29 bits per heavy atom. The molecule has 0 aliphatic carbocycles. The van der Waals surface area contributed by atoms with Gasteiger partial charge in [-0.3, -0.25) is 0 Å². The predicted octanol–water partition coefficient (Wildman–Crippen LogP) is 2.31. The third-order valence-corrected chi connectivity index (χ3v) is 4.30. The number of nitrogens with two attached hydrogens (primary N) is 1. The lowest BCUT2D eigenvalue weighted by molar-refractivity contribution is 0.0571. The number of hydrogen-bond acceptors (Lipinski definition) is 3. The van der Waals surface area contributed by atoms with Gasteiger partial charge in [0.2, 0.25) is 0 Å². The van der Waals surface area contributed by atoms with Crippen LogP contribution in [-0.2, 0) is 11.2 Å². The molecule has 1 aliphatic heterocycles. The van der Waals surface area contributed by atoms with Gasteiger partial charge in [0.25, 0.3) is 0 Å². The molecular formula is C14H21NOS. The zero-order valence-electron chi connectivity index (χ0n) is 10.6. The molecule has 2 N–H and O–H groups in total. The third-order valence-electron chi connectivity index (χ3n) is 3.28. The van der Waals surface area contributed by atoms with Gasteiger partial charge in [-0.1, -0.05) is 23.8 Å². The van der Waals surface area contributed by atoms with Gasteiger partial charge in [0.15, 0.2) is 0 Å². The zero-order valence-corrected chi connectivity index (χ0v) is 11.4. The van der Waals surface area contributed by atoms with Crippen molar-refractivity contribution in [2.75, 3.05) is 18.1 Å². The first-order chi connectivity index (χ1) is 8.16. The molecule has 0 bridgehead atoms. The van der Waals surface area contributed by atoms with E-state index in [-0.39, 0.29) is 12.1 Å². The Balaban J connectivity index is 2.01. The summed E-state index contributed by atoms with van der Waals surface area (Å²) in [6.45, 7) is 5.12. The first kappa shape index (κ1) is 12.9. The van der Waals surface area contributed by atoms with E-state index in [9.17, 15) is 0 Å². The Morgan fingerprint density at radius 3 is 3.00 bits per heavy atom. The van der Waals surface area contributed by atoms with E-state index in [0.29, 0.717) is 0 Å². The Hall–Kier alpha value is -0.510. The highest BCUT2D eigenvalue weighted by molar-refractivity contribution is 7.99. The maximum Gasteiger partial charge on any atom is 0.0819 e. The van der Waals surface area contributed by atoms with Crippen molar-refractivity contribution in [3.05, 3.63) is 34.9 Å². The maximum atomic E-state index is 6.26. The van der Waals surface area contributed by atoms with E-state index in [1.165, 1.54) is 16.7 Å². The number of benzene rings is 1. The van der Waals surface area contributed by atoms with Crippen LogP contribution in [0.3, 0.4) is 0 Å². The third kappa shape index (κ3) is 3.47. The van der Waals surface area contributed by atoms with Gasteiger partial charge in [0, 0.05) is 17.5 Å². The number of rotatable bonds is 3. The SMILES string of the molecule is Cc1ccc(C)c(CC(N)C2CSCCO2)c1. The molecule has 1 fully saturated rings. The van der Waals surface area contributed by atoms with Crippen LogP contribution in [0.15, 0.2) is 18.2 Å². The van der Waals surface area contributed by atoms with E-state index in [2.05, 4.69) is 32.0 Å². The molecule has 1 aromatic carbocycles. The first-order valence-electron chi connectivity index (χ1n) is 6.18. The van der Waals surface area contributed by atoms with E-state index in [1.807, 2.05) is 11.8 Å². The van der Waals surface area contributed by atoms with Crippen LogP contribution in [0.25, 0.3) is 0 Å². The molecular weight excluding hydrogens is 230 g/mol. The molecule has 2 rings (SSSR count). The first-order valence-corrected chi connectivity index (χ1v) is 7.33. The van der Waals surface area contributed by atoms with E-state index in [0.717, 1.165) is 24.5 Å². The van der Waals surface area contributed by atoms with Crippen LogP contribution in [0.4, 0.5) is 0 Å². The molecule has 94 valence electrons. The second-order valence-corrected chi connectivity index (χ2v) is 5.93. The van der Waals surface area contributed by atoms with Crippen molar-refractivity contribution in [2.45, 2.75) is 32.4 Å². The molecule has 1 aliphatic rings. The summed E-state index contributed by atoms with van der Waals surface area (Å²) in [4.78, 5) is 0. The van der Waals surface area contributed by atoms with E-state index >= 15 is 0 Å². The second-order valence-electron chi connectivity index (χ2n) is 4.78. The molecule has 0 radical (unpaired) electrons. The van der Waals surface area contributed by atoms with Gasteiger partial charge in [-0.05, 0) is 31.4 Å². The van der Waals surface area contributed by atoms with Gasteiger partial charge < -0.3 is 10.5 Å². The van der Waals surface area contributed by atoms with Gasteiger partial charge in [-0.25, -0.2) is 0 Å². The van der Waals surface area contributed by atoms with Gasteiger partial charge in [-0.2, -0.15) is 11.8 Å². The summed E-state index contributed by atoms with van der Waals surface area (Å²) < 4.78 is 5.74. The van der Waals surface area contributed by atoms with Gasteiger partial charge in [0.1, 0.15) is 0 Å². The lowest BCUT2D eigenvalue weighted by Crippen LogP contribution is -2.42. The van der Waals surface area contributed by atoms with Crippen LogP contribution >= 0.6 is 11.8 Å². The highest BCUT2D eigenvalue weighted by Crippen LogP contribution is 2.19. The maximum absolute atomic E-state index is 6.26. The summed E-state index contributed by atoms with van der Waals surface area (Å²) in [7, 11) is 0. The summed E-state index contributed by atoms with van der Waals surface area (Å²) in [6, 6.07) is 6.68. The molecule has 1 heterocycles. The smallest absolute Gasteiger partial charge is 0.0819 e. The summed E-state index contributed by atoms with van der Waals surface area (Å²) in [6.07, 6.45) is 1.13. The molecule has 17 heavy (non-hydrogen) atoms. The Labute approximate surface area is 108 Å². The topological polar surface area (TPSA) is 35.2 Å². The van der Waals surface area contributed by atoms with Crippen molar-refractivity contribution in [3.8, 4) is 0 Å². The molecule has 0 saturated carbocycles. The minimum atomic E-state index is 0.114. The number of thioether (sulfide) groups is 1. The monoisotopic (exact) mass is 251 g/mol. The van der Waals surface area contributed by atoms with Crippen molar-refractivity contribution in [1.82, 2.24) is 0 Å². The molecule has 1 aromatic rings. The van der Waals surface area contributed by atoms with Crippen LogP contribution < -0.4 is 5.73 Å². The summed E-state index contributed by atoms with van der Waals surface area (Å²) in [5.41, 5.74) is 10.2. The van der Waals surface area contributed by atoms with E-state index in [1.54, 1.807) is 0 Å².